The van der Waals surface area contributed by atoms with Gasteiger partial charge in [-0.1, -0.05) is 30.6 Å². The topological polar surface area (TPSA) is 96.9 Å². The number of amidine groups is 1. The molecule has 0 heterocycles. The second kappa shape index (κ2) is 7.00. The highest BCUT2D eigenvalue weighted by Gasteiger charge is 2.27. The molecule has 1 aromatic rings. The number of carbonyl (C=O) groups excluding carboxylic acids is 1. The molecule has 0 saturated carbocycles. The highest BCUT2D eigenvalue weighted by atomic mass is 35.5. The number of ether oxygens (including phenoxy) is 1. The van der Waals surface area contributed by atoms with Gasteiger partial charge in [-0.15, -0.1) is 0 Å². The van der Waals surface area contributed by atoms with Gasteiger partial charge in [-0.25, -0.2) is 0 Å². The summed E-state index contributed by atoms with van der Waals surface area (Å²) in [7, 11) is 1.49. The Morgan fingerprint density at radius 1 is 1.50 bits per heavy atom. The molecule has 0 spiro atoms. The van der Waals surface area contributed by atoms with Crippen molar-refractivity contribution >= 4 is 29.0 Å². The number of anilines is 1. The Bertz CT molecular complexity index is 518. The molecular weight excluding hydrogens is 282 g/mol. The molecule has 0 aromatic heterocycles. The first-order valence-electron chi connectivity index (χ1n) is 6.02. The Kier molecular flexibility index (Phi) is 5.64. The lowest BCUT2D eigenvalue weighted by Crippen LogP contribution is -2.38. The minimum atomic E-state index is -0.747. The van der Waals surface area contributed by atoms with Crippen molar-refractivity contribution in [2.45, 2.75) is 13.8 Å². The molecule has 1 rings (SSSR count). The van der Waals surface area contributed by atoms with E-state index < -0.39 is 11.8 Å². The van der Waals surface area contributed by atoms with Gasteiger partial charge in [0.05, 0.1) is 12.8 Å². The average molecular weight is 300 g/mol. The maximum absolute atomic E-state index is 12.3. The molecule has 0 aliphatic rings. The molecule has 6 nitrogen and oxygen atoms in total. The van der Waals surface area contributed by atoms with E-state index in [9.17, 15) is 4.79 Å². The van der Waals surface area contributed by atoms with Gasteiger partial charge in [0.25, 0.3) is 0 Å². The van der Waals surface area contributed by atoms with Gasteiger partial charge in [0, 0.05) is 5.02 Å². The summed E-state index contributed by atoms with van der Waals surface area (Å²) < 4.78 is 5.14. The molecule has 1 atom stereocenters. The Morgan fingerprint density at radius 3 is 2.65 bits per heavy atom. The highest BCUT2D eigenvalue weighted by molar-refractivity contribution is 6.31. The Labute approximate surface area is 122 Å². The van der Waals surface area contributed by atoms with Crippen molar-refractivity contribution in [2.75, 3.05) is 12.4 Å². The maximum atomic E-state index is 12.3. The lowest BCUT2D eigenvalue weighted by molar-refractivity contribution is -0.119. The molecule has 4 N–H and O–H groups in total. The summed E-state index contributed by atoms with van der Waals surface area (Å²) >= 11 is 5.89. The monoisotopic (exact) mass is 299 g/mol. The van der Waals surface area contributed by atoms with Crippen molar-refractivity contribution in [3.8, 4) is 5.75 Å². The summed E-state index contributed by atoms with van der Waals surface area (Å²) in [5, 5.41) is 14.8. The number of methoxy groups -OCH3 is 1. The number of nitrogens with one attached hydrogen (secondary N) is 1. The summed E-state index contributed by atoms with van der Waals surface area (Å²) in [6.07, 6.45) is 0. The van der Waals surface area contributed by atoms with Crippen LogP contribution in [0.2, 0.25) is 5.02 Å². The fourth-order valence-corrected chi connectivity index (χ4v) is 2.00. The van der Waals surface area contributed by atoms with Gasteiger partial charge >= 0.3 is 0 Å². The van der Waals surface area contributed by atoms with E-state index in [1.54, 1.807) is 32.0 Å². The second-order valence-electron chi connectivity index (χ2n) is 4.58. The van der Waals surface area contributed by atoms with Gasteiger partial charge in [-0.3, -0.25) is 4.79 Å². The lowest BCUT2D eigenvalue weighted by Gasteiger charge is -2.19. The van der Waals surface area contributed by atoms with Crippen LogP contribution in [0.1, 0.15) is 13.8 Å². The van der Waals surface area contributed by atoms with Gasteiger partial charge in [-0.2, -0.15) is 0 Å². The zero-order chi connectivity index (χ0) is 15.3. The number of rotatable bonds is 5. The summed E-state index contributed by atoms with van der Waals surface area (Å²) in [4.78, 5) is 12.3. The predicted molar refractivity (Wildman–Crippen MR) is 78.4 cm³/mol. The Balaban J connectivity index is 3.02. The highest BCUT2D eigenvalue weighted by Crippen LogP contribution is 2.28. The molecule has 1 aromatic carbocycles. The van der Waals surface area contributed by atoms with Crippen LogP contribution in [0, 0.1) is 11.8 Å². The molecule has 1 unspecified atom stereocenters. The third-order valence-electron chi connectivity index (χ3n) is 2.80. The molecule has 0 aliphatic carbocycles. The molecule has 0 aliphatic heterocycles. The van der Waals surface area contributed by atoms with E-state index in [4.69, 9.17) is 27.3 Å². The van der Waals surface area contributed by atoms with Crippen LogP contribution in [0.3, 0.4) is 0 Å². The number of nitrogens with two attached hydrogens (primary N) is 1. The third-order valence-corrected chi connectivity index (χ3v) is 3.04. The zero-order valence-electron chi connectivity index (χ0n) is 11.6. The van der Waals surface area contributed by atoms with Crippen LogP contribution in [-0.2, 0) is 4.79 Å². The van der Waals surface area contributed by atoms with E-state index in [2.05, 4.69) is 10.5 Å². The first kappa shape index (κ1) is 16.1. The van der Waals surface area contributed by atoms with E-state index in [0.29, 0.717) is 16.5 Å². The quantitative estimate of drug-likeness (QED) is 0.336. The van der Waals surface area contributed by atoms with E-state index in [-0.39, 0.29) is 11.8 Å². The minimum absolute atomic E-state index is 0.129. The van der Waals surface area contributed by atoms with E-state index in [1.807, 2.05) is 0 Å². The number of amides is 1. The van der Waals surface area contributed by atoms with E-state index in [1.165, 1.54) is 7.11 Å². The molecule has 1 amide bonds. The van der Waals surface area contributed by atoms with Crippen LogP contribution < -0.4 is 15.8 Å². The van der Waals surface area contributed by atoms with Gasteiger partial charge in [-0.05, 0) is 24.1 Å². The van der Waals surface area contributed by atoms with Gasteiger partial charge in [0.15, 0.2) is 5.84 Å². The summed E-state index contributed by atoms with van der Waals surface area (Å²) in [5.74, 6) is -0.932. The number of hydrogen-bond acceptors (Lipinski definition) is 4. The number of nitrogens with zero attached hydrogens (tertiary/aromatic N) is 1. The van der Waals surface area contributed by atoms with Crippen molar-refractivity contribution in [3.63, 3.8) is 0 Å². The third kappa shape index (κ3) is 3.77. The van der Waals surface area contributed by atoms with Crippen molar-refractivity contribution in [1.29, 1.82) is 0 Å². The number of hydrogen-bond donors (Lipinski definition) is 3. The minimum Gasteiger partial charge on any atom is -0.495 e. The molecule has 20 heavy (non-hydrogen) atoms. The number of halogens is 1. The SMILES string of the molecule is COc1ccc(Cl)cc1NC(=O)C(C(N)=NO)C(C)C. The number of carbonyl (C=O) groups is 1. The van der Waals surface area contributed by atoms with Crippen molar-refractivity contribution in [3.05, 3.63) is 23.2 Å². The van der Waals surface area contributed by atoms with Gasteiger partial charge < -0.3 is 21.0 Å². The molecule has 0 fully saturated rings. The lowest BCUT2D eigenvalue weighted by atomic mass is 9.93. The fraction of sp³-hybridized carbons (Fsp3) is 0.385. The zero-order valence-corrected chi connectivity index (χ0v) is 12.3. The first-order valence-corrected chi connectivity index (χ1v) is 6.40. The number of oxime groups is 1. The van der Waals surface area contributed by atoms with Crippen molar-refractivity contribution in [1.82, 2.24) is 0 Å². The summed E-state index contributed by atoms with van der Waals surface area (Å²) in [5.41, 5.74) is 5.99. The van der Waals surface area contributed by atoms with Crippen molar-refractivity contribution < 1.29 is 14.7 Å². The standard InChI is InChI=1S/C13H18ClN3O3/c1-7(2)11(12(15)17-19)13(18)16-9-6-8(14)4-5-10(9)20-3/h4-7,11,19H,1-3H3,(H2,15,17)(H,16,18). The summed E-state index contributed by atoms with van der Waals surface area (Å²) in [6, 6.07) is 4.87. The largest absolute Gasteiger partial charge is 0.495 e. The fourth-order valence-electron chi connectivity index (χ4n) is 1.83. The molecule has 0 radical (unpaired) electrons. The molecular formula is C13H18ClN3O3. The van der Waals surface area contributed by atoms with Crippen molar-refractivity contribution in [2.24, 2.45) is 22.7 Å². The van der Waals surface area contributed by atoms with Crippen LogP contribution in [-0.4, -0.2) is 24.1 Å². The second-order valence-corrected chi connectivity index (χ2v) is 5.02. The molecule has 110 valence electrons. The van der Waals surface area contributed by atoms with E-state index >= 15 is 0 Å². The Morgan fingerprint density at radius 2 is 2.15 bits per heavy atom. The maximum Gasteiger partial charge on any atom is 0.235 e. The van der Waals surface area contributed by atoms with Crippen LogP contribution in [0.4, 0.5) is 5.69 Å². The van der Waals surface area contributed by atoms with Gasteiger partial charge in [0.2, 0.25) is 5.91 Å². The van der Waals surface area contributed by atoms with Gasteiger partial charge in [0.1, 0.15) is 11.7 Å². The predicted octanol–water partition coefficient (Wildman–Crippen LogP) is 2.31. The normalized spacial score (nSPS) is 13.2. The smallest absolute Gasteiger partial charge is 0.235 e. The van der Waals surface area contributed by atoms with Crippen LogP contribution in [0.5, 0.6) is 5.75 Å². The Hall–Kier alpha value is -1.95. The van der Waals surface area contributed by atoms with E-state index in [0.717, 1.165) is 0 Å². The van der Waals surface area contributed by atoms with Crippen LogP contribution in [0.25, 0.3) is 0 Å². The molecule has 0 saturated heterocycles. The van der Waals surface area contributed by atoms with Crippen LogP contribution >= 0.6 is 11.6 Å². The molecule has 7 heteroatoms. The van der Waals surface area contributed by atoms with Crippen LogP contribution in [0.15, 0.2) is 23.4 Å². The number of benzene rings is 1. The first-order chi connectivity index (χ1) is 9.40. The average Bonchev–Trinajstić information content (AvgIpc) is 2.38. The molecule has 0 bridgehead atoms. The summed E-state index contributed by atoms with van der Waals surface area (Å²) in [6.45, 7) is 3.61.